The Morgan fingerprint density at radius 1 is 1.44 bits per heavy atom. The SMILES string of the molecule is Cc1cnc(N)c(C(=O)c2c(F)cccc2Br)c1. The van der Waals surface area contributed by atoms with Crippen molar-refractivity contribution in [2.24, 2.45) is 0 Å². The Kier molecular flexibility index (Phi) is 3.43. The van der Waals surface area contributed by atoms with Crippen molar-refractivity contribution < 1.29 is 9.18 Å². The predicted octanol–water partition coefficient (Wildman–Crippen LogP) is 3.10. The fourth-order valence-corrected chi connectivity index (χ4v) is 2.13. The number of carbonyl (C=O) groups excluding carboxylic acids is 1. The average Bonchev–Trinajstić information content (AvgIpc) is 2.32. The maximum Gasteiger partial charge on any atom is 0.200 e. The number of ketones is 1. The van der Waals surface area contributed by atoms with Gasteiger partial charge in [0, 0.05) is 10.7 Å². The van der Waals surface area contributed by atoms with Gasteiger partial charge in [0.05, 0.1) is 11.1 Å². The molecule has 0 bridgehead atoms. The molecule has 0 aliphatic rings. The van der Waals surface area contributed by atoms with Crippen molar-refractivity contribution in [2.45, 2.75) is 6.92 Å². The van der Waals surface area contributed by atoms with Gasteiger partial charge in [0.15, 0.2) is 0 Å². The molecule has 0 unspecified atom stereocenters. The van der Waals surface area contributed by atoms with Crippen LogP contribution < -0.4 is 5.73 Å². The normalized spacial score (nSPS) is 10.4. The van der Waals surface area contributed by atoms with Crippen molar-refractivity contribution in [3.05, 3.63) is 57.4 Å². The van der Waals surface area contributed by atoms with Gasteiger partial charge in [0.25, 0.3) is 0 Å². The average molecular weight is 309 g/mol. The van der Waals surface area contributed by atoms with Crippen LogP contribution in [0.15, 0.2) is 34.9 Å². The van der Waals surface area contributed by atoms with Crippen molar-refractivity contribution in [2.75, 3.05) is 5.73 Å². The summed E-state index contributed by atoms with van der Waals surface area (Å²) in [6.07, 6.45) is 1.56. The molecular formula is C13H10BrFN2O. The molecule has 2 aromatic rings. The zero-order valence-corrected chi connectivity index (χ0v) is 11.2. The summed E-state index contributed by atoms with van der Waals surface area (Å²) >= 11 is 3.17. The van der Waals surface area contributed by atoms with Gasteiger partial charge in [-0.2, -0.15) is 0 Å². The number of nitrogen functional groups attached to an aromatic ring is 1. The monoisotopic (exact) mass is 308 g/mol. The lowest BCUT2D eigenvalue weighted by molar-refractivity contribution is 0.103. The van der Waals surface area contributed by atoms with Crippen LogP contribution in [0.4, 0.5) is 10.2 Å². The summed E-state index contributed by atoms with van der Waals surface area (Å²) in [5.41, 5.74) is 6.63. The highest BCUT2D eigenvalue weighted by Gasteiger charge is 2.19. The highest BCUT2D eigenvalue weighted by Crippen LogP contribution is 2.24. The van der Waals surface area contributed by atoms with Gasteiger partial charge in [-0.25, -0.2) is 9.37 Å². The Morgan fingerprint density at radius 2 is 2.17 bits per heavy atom. The van der Waals surface area contributed by atoms with Gasteiger partial charge in [0.1, 0.15) is 11.6 Å². The molecule has 92 valence electrons. The maximum absolute atomic E-state index is 13.7. The van der Waals surface area contributed by atoms with E-state index in [0.717, 1.165) is 5.56 Å². The highest BCUT2D eigenvalue weighted by atomic mass is 79.9. The lowest BCUT2D eigenvalue weighted by atomic mass is 10.0. The number of carbonyl (C=O) groups is 1. The first-order chi connectivity index (χ1) is 8.50. The molecule has 3 nitrogen and oxygen atoms in total. The number of rotatable bonds is 2. The van der Waals surface area contributed by atoms with Gasteiger partial charge in [0.2, 0.25) is 5.78 Å². The van der Waals surface area contributed by atoms with E-state index in [4.69, 9.17) is 5.73 Å². The van der Waals surface area contributed by atoms with E-state index >= 15 is 0 Å². The number of hydrogen-bond donors (Lipinski definition) is 1. The van der Waals surface area contributed by atoms with Crippen molar-refractivity contribution in [3.8, 4) is 0 Å². The highest BCUT2D eigenvalue weighted by molar-refractivity contribution is 9.10. The first-order valence-electron chi connectivity index (χ1n) is 5.21. The molecule has 0 aliphatic carbocycles. The lowest BCUT2D eigenvalue weighted by Crippen LogP contribution is -2.10. The molecule has 0 saturated carbocycles. The quantitative estimate of drug-likeness (QED) is 0.867. The molecule has 0 amide bonds. The van der Waals surface area contributed by atoms with E-state index in [9.17, 15) is 9.18 Å². The van der Waals surface area contributed by atoms with Crippen LogP contribution in [0.3, 0.4) is 0 Å². The maximum atomic E-state index is 13.7. The molecular weight excluding hydrogens is 299 g/mol. The van der Waals surface area contributed by atoms with Crippen LogP contribution in [0, 0.1) is 12.7 Å². The molecule has 0 atom stereocenters. The third-order valence-electron chi connectivity index (χ3n) is 2.49. The van der Waals surface area contributed by atoms with Crippen molar-refractivity contribution >= 4 is 27.5 Å². The number of aryl methyl sites for hydroxylation is 1. The number of halogens is 2. The van der Waals surface area contributed by atoms with Crippen LogP contribution in [0.2, 0.25) is 0 Å². The summed E-state index contributed by atoms with van der Waals surface area (Å²) in [4.78, 5) is 16.2. The number of anilines is 1. The third kappa shape index (κ3) is 2.26. The van der Waals surface area contributed by atoms with Gasteiger partial charge in [-0.3, -0.25) is 4.79 Å². The van der Waals surface area contributed by atoms with E-state index in [0.29, 0.717) is 4.47 Å². The molecule has 1 aromatic carbocycles. The van der Waals surface area contributed by atoms with Crippen LogP contribution in [0.25, 0.3) is 0 Å². The van der Waals surface area contributed by atoms with Crippen LogP contribution >= 0.6 is 15.9 Å². The summed E-state index contributed by atoms with van der Waals surface area (Å²) in [5, 5.41) is 0. The number of pyridine rings is 1. The standard InChI is InChI=1S/C13H10BrFN2O/c1-7-5-8(13(16)17-6-7)12(18)11-9(14)3-2-4-10(11)15/h2-6H,1H3,(H2,16,17). The summed E-state index contributed by atoms with van der Waals surface area (Å²) in [5.74, 6) is -0.968. The van der Waals surface area contributed by atoms with E-state index in [2.05, 4.69) is 20.9 Å². The fraction of sp³-hybridized carbons (Fsp3) is 0.0769. The molecule has 2 N–H and O–H groups in total. The van der Waals surface area contributed by atoms with Crippen LogP contribution in [0.5, 0.6) is 0 Å². The molecule has 0 saturated heterocycles. The van der Waals surface area contributed by atoms with Crippen LogP contribution in [0.1, 0.15) is 21.5 Å². The molecule has 1 aromatic heterocycles. The van der Waals surface area contributed by atoms with E-state index < -0.39 is 11.6 Å². The molecule has 2 rings (SSSR count). The second kappa shape index (κ2) is 4.86. The Hall–Kier alpha value is -1.75. The van der Waals surface area contributed by atoms with E-state index in [1.165, 1.54) is 12.1 Å². The van der Waals surface area contributed by atoms with Crippen LogP contribution in [-0.4, -0.2) is 10.8 Å². The zero-order chi connectivity index (χ0) is 13.3. The molecule has 1 heterocycles. The molecule has 0 spiro atoms. The number of aromatic nitrogens is 1. The number of nitrogens with two attached hydrogens (primary N) is 1. The number of hydrogen-bond acceptors (Lipinski definition) is 3. The van der Waals surface area contributed by atoms with Crippen LogP contribution in [-0.2, 0) is 0 Å². The first-order valence-corrected chi connectivity index (χ1v) is 6.01. The minimum atomic E-state index is -0.588. The van der Waals surface area contributed by atoms with E-state index in [1.807, 2.05) is 0 Å². The molecule has 0 radical (unpaired) electrons. The fourth-order valence-electron chi connectivity index (χ4n) is 1.61. The summed E-state index contributed by atoms with van der Waals surface area (Å²) < 4.78 is 14.1. The molecule has 0 fully saturated rings. The molecule has 0 aliphatic heterocycles. The Labute approximate surface area is 112 Å². The van der Waals surface area contributed by atoms with Crippen molar-refractivity contribution in [3.63, 3.8) is 0 Å². The second-order valence-electron chi connectivity index (χ2n) is 3.87. The largest absolute Gasteiger partial charge is 0.383 e. The van der Waals surface area contributed by atoms with Gasteiger partial charge >= 0.3 is 0 Å². The topological polar surface area (TPSA) is 56.0 Å². The predicted molar refractivity (Wildman–Crippen MR) is 70.9 cm³/mol. The van der Waals surface area contributed by atoms with Gasteiger partial charge in [-0.1, -0.05) is 6.07 Å². The van der Waals surface area contributed by atoms with Crippen molar-refractivity contribution in [1.29, 1.82) is 0 Å². The zero-order valence-electron chi connectivity index (χ0n) is 9.58. The minimum Gasteiger partial charge on any atom is -0.383 e. The number of benzene rings is 1. The summed E-state index contributed by atoms with van der Waals surface area (Å²) in [7, 11) is 0. The molecule has 18 heavy (non-hydrogen) atoms. The Morgan fingerprint density at radius 3 is 2.83 bits per heavy atom. The van der Waals surface area contributed by atoms with Gasteiger partial charge in [-0.05, 0) is 46.6 Å². The summed E-state index contributed by atoms with van der Waals surface area (Å²) in [6.45, 7) is 1.79. The lowest BCUT2D eigenvalue weighted by Gasteiger charge is -2.07. The van der Waals surface area contributed by atoms with Gasteiger partial charge < -0.3 is 5.73 Å². The third-order valence-corrected chi connectivity index (χ3v) is 3.15. The Bertz CT molecular complexity index is 608. The van der Waals surface area contributed by atoms with Gasteiger partial charge in [-0.15, -0.1) is 0 Å². The smallest absolute Gasteiger partial charge is 0.200 e. The van der Waals surface area contributed by atoms with E-state index in [-0.39, 0.29) is 16.9 Å². The Balaban J connectivity index is 2.58. The minimum absolute atomic E-state index is 0.0309. The first kappa shape index (κ1) is 12.7. The second-order valence-corrected chi connectivity index (χ2v) is 4.73. The number of nitrogens with zero attached hydrogens (tertiary/aromatic N) is 1. The van der Waals surface area contributed by atoms with E-state index in [1.54, 1.807) is 25.3 Å². The van der Waals surface area contributed by atoms with Crippen molar-refractivity contribution in [1.82, 2.24) is 4.98 Å². The summed E-state index contributed by atoms with van der Waals surface area (Å²) in [6, 6.07) is 5.96. The molecule has 5 heteroatoms.